The average Bonchev–Trinajstić information content (AvgIpc) is 3.16. The number of nitrogens with one attached hydrogen (secondary N) is 1. The predicted octanol–water partition coefficient (Wildman–Crippen LogP) is -0.140. The van der Waals surface area contributed by atoms with Gasteiger partial charge in [0.25, 0.3) is 0 Å². The van der Waals surface area contributed by atoms with Crippen molar-refractivity contribution in [1.29, 1.82) is 0 Å². The van der Waals surface area contributed by atoms with Gasteiger partial charge in [-0.05, 0) is 25.7 Å². The van der Waals surface area contributed by atoms with Crippen LogP contribution in [0.1, 0.15) is 31.7 Å². The standard InChI is InChI=1S/C19H28N6O4/c1-24(2)17-14-18(21-9-20-17)25(10-22-14)13-4-3-12(15(26)16(13)27)23-19(28)11-5-7-29-8-6-11/h9-13,15-16,26-27H,3-8H2,1-2H3,(H,23,28)/t12-,13-,15+,16+/m1/s1. The lowest BCUT2D eigenvalue weighted by Gasteiger charge is -2.39. The van der Waals surface area contributed by atoms with Crippen LogP contribution in [0.3, 0.4) is 0 Å². The zero-order chi connectivity index (χ0) is 20.5. The van der Waals surface area contributed by atoms with Crippen LogP contribution >= 0.6 is 0 Å². The molecule has 29 heavy (non-hydrogen) atoms. The van der Waals surface area contributed by atoms with Gasteiger partial charge < -0.3 is 29.7 Å². The highest BCUT2D eigenvalue weighted by Crippen LogP contribution is 2.33. The summed E-state index contributed by atoms with van der Waals surface area (Å²) in [6.07, 6.45) is 3.52. The van der Waals surface area contributed by atoms with Gasteiger partial charge in [-0.15, -0.1) is 0 Å². The van der Waals surface area contributed by atoms with Crippen molar-refractivity contribution in [1.82, 2.24) is 24.8 Å². The van der Waals surface area contributed by atoms with E-state index in [0.717, 1.165) is 0 Å². The van der Waals surface area contributed by atoms with Crippen molar-refractivity contribution in [3.63, 3.8) is 0 Å². The number of carbonyl (C=O) groups is 1. The van der Waals surface area contributed by atoms with Gasteiger partial charge in [-0.25, -0.2) is 15.0 Å². The lowest BCUT2D eigenvalue weighted by molar-refractivity contribution is -0.131. The van der Waals surface area contributed by atoms with E-state index in [0.29, 0.717) is 55.9 Å². The van der Waals surface area contributed by atoms with E-state index in [4.69, 9.17) is 4.74 Å². The molecule has 4 atom stereocenters. The molecule has 1 aliphatic heterocycles. The fourth-order valence-corrected chi connectivity index (χ4v) is 4.29. The molecule has 3 N–H and O–H groups in total. The molecule has 1 saturated heterocycles. The Hall–Kier alpha value is -2.30. The fourth-order valence-electron chi connectivity index (χ4n) is 4.29. The second-order valence-corrected chi connectivity index (χ2v) is 8.04. The Balaban J connectivity index is 1.49. The molecule has 0 unspecified atom stereocenters. The van der Waals surface area contributed by atoms with Crippen LogP contribution in [0.25, 0.3) is 11.2 Å². The van der Waals surface area contributed by atoms with Gasteiger partial charge in [0.2, 0.25) is 5.91 Å². The summed E-state index contributed by atoms with van der Waals surface area (Å²) in [5.74, 6) is 0.533. The summed E-state index contributed by atoms with van der Waals surface area (Å²) in [6, 6.07) is -0.852. The van der Waals surface area contributed by atoms with Crippen molar-refractivity contribution >= 4 is 22.9 Å². The number of hydrogen-bond acceptors (Lipinski definition) is 8. The Morgan fingerprint density at radius 2 is 1.90 bits per heavy atom. The first kappa shape index (κ1) is 20.0. The van der Waals surface area contributed by atoms with E-state index >= 15 is 0 Å². The molecule has 0 spiro atoms. The molecule has 3 heterocycles. The minimum absolute atomic E-state index is 0.0700. The summed E-state index contributed by atoms with van der Waals surface area (Å²) in [6.45, 7) is 1.17. The first-order chi connectivity index (χ1) is 14.0. The molecule has 2 fully saturated rings. The molecule has 1 aliphatic carbocycles. The number of imidazole rings is 1. The predicted molar refractivity (Wildman–Crippen MR) is 105 cm³/mol. The second-order valence-electron chi connectivity index (χ2n) is 8.04. The molecule has 1 amide bonds. The first-order valence-corrected chi connectivity index (χ1v) is 10.1. The third-order valence-corrected chi connectivity index (χ3v) is 5.97. The molecular formula is C19H28N6O4. The van der Waals surface area contributed by atoms with Crippen molar-refractivity contribution < 1.29 is 19.7 Å². The van der Waals surface area contributed by atoms with Gasteiger partial charge >= 0.3 is 0 Å². The highest BCUT2D eigenvalue weighted by molar-refractivity contribution is 5.83. The molecule has 0 radical (unpaired) electrons. The Morgan fingerprint density at radius 3 is 2.62 bits per heavy atom. The molecule has 2 aromatic heterocycles. The van der Waals surface area contributed by atoms with E-state index in [2.05, 4.69) is 20.3 Å². The van der Waals surface area contributed by atoms with Crippen molar-refractivity contribution in [3.8, 4) is 0 Å². The van der Waals surface area contributed by atoms with Gasteiger partial charge in [0.05, 0.1) is 18.4 Å². The van der Waals surface area contributed by atoms with Gasteiger partial charge in [-0.3, -0.25) is 4.79 Å². The number of aromatic nitrogens is 4. The normalized spacial score (nSPS) is 28.4. The summed E-state index contributed by atoms with van der Waals surface area (Å²) < 4.78 is 7.10. The molecule has 4 rings (SSSR count). The van der Waals surface area contributed by atoms with Crippen LogP contribution in [0.5, 0.6) is 0 Å². The molecular weight excluding hydrogens is 376 g/mol. The number of ether oxygens (including phenoxy) is 1. The average molecular weight is 404 g/mol. The number of carbonyl (C=O) groups excluding carboxylic acids is 1. The van der Waals surface area contributed by atoms with Crippen LogP contribution in [0.2, 0.25) is 0 Å². The maximum absolute atomic E-state index is 12.5. The topological polar surface area (TPSA) is 126 Å². The minimum Gasteiger partial charge on any atom is -0.388 e. The zero-order valence-corrected chi connectivity index (χ0v) is 16.7. The van der Waals surface area contributed by atoms with E-state index in [9.17, 15) is 15.0 Å². The molecule has 158 valence electrons. The highest BCUT2D eigenvalue weighted by atomic mass is 16.5. The Morgan fingerprint density at radius 1 is 1.14 bits per heavy atom. The summed E-state index contributed by atoms with van der Waals surface area (Å²) in [4.78, 5) is 27.4. The third kappa shape index (κ3) is 3.79. The molecule has 1 saturated carbocycles. The van der Waals surface area contributed by atoms with Gasteiger partial charge in [-0.2, -0.15) is 0 Å². The summed E-state index contributed by atoms with van der Waals surface area (Å²) in [5.41, 5.74) is 1.26. The number of amides is 1. The minimum atomic E-state index is -1.06. The quantitative estimate of drug-likeness (QED) is 0.643. The molecule has 10 nitrogen and oxygen atoms in total. The van der Waals surface area contributed by atoms with Crippen LogP contribution < -0.4 is 10.2 Å². The van der Waals surface area contributed by atoms with E-state index < -0.39 is 18.2 Å². The van der Waals surface area contributed by atoms with Crippen LogP contribution in [0.4, 0.5) is 5.82 Å². The largest absolute Gasteiger partial charge is 0.388 e. The molecule has 2 aliphatic rings. The number of anilines is 1. The highest BCUT2D eigenvalue weighted by Gasteiger charge is 2.40. The fraction of sp³-hybridized carbons (Fsp3) is 0.684. The number of hydrogen-bond donors (Lipinski definition) is 3. The summed E-state index contributed by atoms with van der Waals surface area (Å²) in [5, 5.41) is 24.5. The van der Waals surface area contributed by atoms with Gasteiger partial charge in [0.15, 0.2) is 17.0 Å². The van der Waals surface area contributed by atoms with E-state index in [1.807, 2.05) is 19.0 Å². The monoisotopic (exact) mass is 404 g/mol. The molecule has 10 heteroatoms. The lowest BCUT2D eigenvalue weighted by atomic mass is 9.85. The number of rotatable bonds is 4. The van der Waals surface area contributed by atoms with Gasteiger partial charge in [0, 0.05) is 33.2 Å². The Labute approximate surface area is 168 Å². The summed E-state index contributed by atoms with van der Waals surface area (Å²) >= 11 is 0. The molecule has 2 aromatic rings. The van der Waals surface area contributed by atoms with Crippen molar-refractivity contribution in [3.05, 3.63) is 12.7 Å². The first-order valence-electron chi connectivity index (χ1n) is 10.1. The Bertz CT molecular complexity index is 866. The van der Waals surface area contributed by atoms with Gasteiger partial charge in [0.1, 0.15) is 18.5 Å². The number of fused-ring (bicyclic) bond motifs is 1. The maximum atomic E-state index is 12.5. The van der Waals surface area contributed by atoms with E-state index in [-0.39, 0.29) is 17.9 Å². The zero-order valence-electron chi connectivity index (χ0n) is 16.7. The second kappa shape index (κ2) is 8.21. The maximum Gasteiger partial charge on any atom is 0.223 e. The summed E-state index contributed by atoms with van der Waals surface area (Å²) in [7, 11) is 3.76. The van der Waals surface area contributed by atoms with Crippen molar-refractivity contribution in [2.75, 3.05) is 32.2 Å². The van der Waals surface area contributed by atoms with Crippen LogP contribution in [-0.4, -0.2) is 81.2 Å². The van der Waals surface area contributed by atoms with E-state index in [1.165, 1.54) is 6.33 Å². The number of nitrogens with zero attached hydrogens (tertiary/aromatic N) is 5. The number of aliphatic hydroxyl groups excluding tert-OH is 2. The SMILES string of the molecule is CN(C)c1ncnc2c1ncn2[C@@H]1CC[C@@H](NC(=O)C2CCOCC2)[C@H](O)[C@H]1O. The lowest BCUT2D eigenvalue weighted by Crippen LogP contribution is -2.55. The van der Waals surface area contributed by atoms with Crippen molar-refractivity contribution in [2.24, 2.45) is 5.92 Å². The van der Waals surface area contributed by atoms with E-state index in [1.54, 1.807) is 10.9 Å². The van der Waals surface area contributed by atoms with Gasteiger partial charge in [-0.1, -0.05) is 0 Å². The van der Waals surface area contributed by atoms with Crippen LogP contribution in [0.15, 0.2) is 12.7 Å². The molecule has 0 aromatic carbocycles. The Kier molecular flexibility index (Phi) is 5.66. The smallest absolute Gasteiger partial charge is 0.223 e. The molecule has 0 bridgehead atoms. The van der Waals surface area contributed by atoms with Crippen LogP contribution in [0, 0.1) is 5.92 Å². The van der Waals surface area contributed by atoms with Crippen LogP contribution in [-0.2, 0) is 9.53 Å². The number of aliphatic hydroxyl groups is 2. The third-order valence-electron chi connectivity index (χ3n) is 5.97. The van der Waals surface area contributed by atoms with Crippen molar-refractivity contribution in [2.45, 2.75) is 50.0 Å².